The average molecular weight is 670 g/mol. The zero-order valence-electron chi connectivity index (χ0n) is 25.8. The van der Waals surface area contributed by atoms with Crippen molar-refractivity contribution in [3.8, 4) is 11.5 Å². The molecule has 0 spiro atoms. The van der Waals surface area contributed by atoms with Crippen LogP contribution in [-0.2, 0) is 4.74 Å². The van der Waals surface area contributed by atoms with Gasteiger partial charge in [0.1, 0.15) is 11.5 Å². The zero-order valence-corrected chi connectivity index (χ0v) is 27.3. The predicted octanol–water partition coefficient (Wildman–Crippen LogP) is 5.93. The van der Waals surface area contributed by atoms with Crippen molar-refractivity contribution in [1.82, 2.24) is 14.6 Å². The van der Waals surface area contributed by atoms with Crippen LogP contribution in [-0.4, -0.2) is 73.7 Å². The Morgan fingerprint density at radius 1 is 0.978 bits per heavy atom. The van der Waals surface area contributed by atoms with Crippen LogP contribution in [0.4, 0.5) is 21.0 Å². The van der Waals surface area contributed by atoms with Gasteiger partial charge in [-0.1, -0.05) is 29.3 Å². The number of anilines is 2. The van der Waals surface area contributed by atoms with E-state index in [-0.39, 0.29) is 18.0 Å². The lowest BCUT2D eigenvalue weighted by Crippen LogP contribution is -2.57. The lowest BCUT2D eigenvalue weighted by molar-refractivity contribution is 0.102. The summed E-state index contributed by atoms with van der Waals surface area (Å²) in [7, 11) is 3.03. The van der Waals surface area contributed by atoms with Crippen LogP contribution in [0.1, 0.15) is 25.7 Å². The minimum absolute atomic E-state index is 0.261. The normalized spacial score (nSPS) is 13.7. The van der Waals surface area contributed by atoms with Gasteiger partial charge in [-0.15, -0.1) is 0 Å². The number of ether oxygens (including phenoxy) is 3. The Bertz CT molecular complexity index is 1810. The molecule has 0 radical (unpaired) electrons. The largest absolute Gasteiger partial charge is 0.497 e. The third-order valence-corrected chi connectivity index (χ3v) is 8.07. The van der Waals surface area contributed by atoms with Gasteiger partial charge in [-0.3, -0.25) is 9.69 Å². The summed E-state index contributed by atoms with van der Waals surface area (Å²) in [6.07, 6.45) is -0.415. The van der Waals surface area contributed by atoms with Crippen molar-refractivity contribution in [3.05, 3.63) is 86.9 Å². The van der Waals surface area contributed by atoms with Gasteiger partial charge in [-0.2, -0.15) is 0 Å². The van der Waals surface area contributed by atoms with E-state index in [0.29, 0.717) is 70.0 Å². The molecule has 2 heterocycles. The number of fused-ring (bicyclic) bond motifs is 1. The lowest BCUT2D eigenvalue weighted by atomic mass is 10.1. The highest BCUT2D eigenvalue weighted by Crippen LogP contribution is 2.37. The van der Waals surface area contributed by atoms with Crippen molar-refractivity contribution >= 4 is 57.6 Å². The van der Waals surface area contributed by atoms with E-state index in [1.54, 1.807) is 79.4 Å². The van der Waals surface area contributed by atoms with E-state index in [1.165, 1.54) is 23.8 Å². The van der Waals surface area contributed by atoms with Gasteiger partial charge in [0.2, 0.25) is 0 Å². The minimum Gasteiger partial charge on any atom is -0.497 e. The maximum absolute atomic E-state index is 14.2. The number of urea groups is 1. The number of amides is 3. The van der Waals surface area contributed by atoms with E-state index in [9.17, 15) is 14.4 Å². The number of hydrogen-bond acceptors (Lipinski definition) is 8. The molecular formula is C32H34Cl2N6O6. The molecule has 242 valence electrons. The van der Waals surface area contributed by atoms with Gasteiger partial charge in [0, 0.05) is 34.9 Å². The highest BCUT2D eigenvalue weighted by Gasteiger charge is 2.33. The summed E-state index contributed by atoms with van der Waals surface area (Å²) < 4.78 is 17.7. The Hall–Kier alpha value is -4.68. The fourth-order valence-corrected chi connectivity index (χ4v) is 5.71. The first-order valence-electron chi connectivity index (χ1n) is 14.6. The van der Waals surface area contributed by atoms with Gasteiger partial charge >= 0.3 is 12.1 Å². The molecule has 0 bridgehead atoms. The first-order chi connectivity index (χ1) is 22.1. The summed E-state index contributed by atoms with van der Waals surface area (Å²) in [5.41, 5.74) is 0.917. The number of carbonyl (C=O) groups is 2. The van der Waals surface area contributed by atoms with Crippen LogP contribution in [0.2, 0.25) is 10.0 Å². The molecule has 12 nitrogen and oxygen atoms in total. The molecule has 1 aliphatic heterocycles. The Morgan fingerprint density at radius 2 is 1.72 bits per heavy atom. The summed E-state index contributed by atoms with van der Waals surface area (Å²) in [5, 5.41) is 5.87. The van der Waals surface area contributed by atoms with E-state index in [2.05, 4.69) is 5.32 Å². The Labute approximate surface area is 275 Å². The van der Waals surface area contributed by atoms with Gasteiger partial charge in [-0.05, 0) is 62.4 Å². The minimum atomic E-state index is -0.836. The first kappa shape index (κ1) is 32.7. The van der Waals surface area contributed by atoms with Crippen LogP contribution in [0.3, 0.4) is 0 Å². The van der Waals surface area contributed by atoms with Gasteiger partial charge in [0.25, 0.3) is 5.56 Å². The third kappa shape index (κ3) is 6.77. The number of nitrogens with one attached hydrogen (secondary N) is 1. The number of hydrogen-bond donors (Lipinski definition) is 1. The van der Waals surface area contributed by atoms with Gasteiger partial charge in [-0.25, -0.2) is 19.2 Å². The molecule has 0 aliphatic carbocycles. The van der Waals surface area contributed by atoms with Crippen LogP contribution < -0.4 is 30.3 Å². The molecule has 0 saturated carbocycles. The number of nitrogens with zero attached hydrogens (tertiary/aromatic N) is 5. The second kappa shape index (κ2) is 14.2. The molecule has 3 amide bonds. The van der Waals surface area contributed by atoms with Gasteiger partial charge in [0.15, 0.2) is 5.82 Å². The molecule has 46 heavy (non-hydrogen) atoms. The molecule has 1 aromatic heterocycles. The van der Waals surface area contributed by atoms with Crippen LogP contribution in [0.25, 0.3) is 10.9 Å². The molecule has 1 aliphatic rings. The van der Waals surface area contributed by atoms with Crippen LogP contribution >= 0.6 is 23.2 Å². The van der Waals surface area contributed by atoms with E-state index in [0.717, 1.165) is 0 Å². The molecule has 1 unspecified atom stereocenters. The van der Waals surface area contributed by atoms with E-state index < -0.39 is 18.2 Å². The summed E-state index contributed by atoms with van der Waals surface area (Å²) in [6, 6.07) is 15.4. The highest BCUT2D eigenvalue weighted by atomic mass is 35.5. The van der Waals surface area contributed by atoms with Crippen LogP contribution in [0.5, 0.6) is 11.5 Å². The summed E-state index contributed by atoms with van der Waals surface area (Å²) >= 11 is 12.5. The Kier molecular flexibility index (Phi) is 10.1. The maximum Gasteiger partial charge on any atom is 0.409 e. The summed E-state index contributed by atoms with van der Waals surface area (Å²) in [4.78, 5) is 48.8. The van der Waals surface area contributed by atoms with E-state index in [4.69, 9.17) is 42.4 Å². The van der Waals surface area contributed by atoms with Crippen LogP contribution in [0, 0.1) is 0 Å². The third-order valence-electron chi connectivity index (χ3n) is 7.60. The van der Waals surface area contributed by atoms with Crippen molar-refractivity contribution in [2.75, 3.05) is 62.2 Å². The van der Waals surface area contributed by atoms with Crippen molar-refractivity contribution < 1.29 is 23.8 Å². The summed E-state index contributed by atoms with van der Waals surface area (Å²) in [5.74, 6) is 1.17. The highest BCUT2D eigenvalue weighted by molar-refractivity contribution is 6.31. The Balaban J connectivity index is 1.65. The van der Waals surface area contributed by atoms with Gasteiger partial charge in [0.05, 0.1) is 56.5 Å². The smallest absolute Gasteiger partial charge is 0.409 e. The maximum atomic E-state index is 14.2. The monoisotopic (exact) mass is 668 g/mol. The van der Waals surface area contributed by atoms with E-state index in [1.807, 2.05) is 5.01 Å². The number of rotatable bonds is 8. The molecule has 3 aromatic carbocycles. The number of carbonyl (C=O) groups excluding carboxylic acids is 2. The quantitative estimate of drug-likeness (QED) is 0.245. The van der Waals surface area contributed by atoms with Crippen molar-refractivity contribution in [3.63, 3.8) is 0 Å². The van der Waals surface area contributed by atoms with Crippen LogP contribution in [0.15, 0.2) is 65.5 Å². The van der Waals surface area contributed by atoms with Crippen molar-refractivity contribution in [1.29, 1.82) is 0 Å². The average Bonchev–Trinajstić information content (AvgIpc) is 3.05. The SMILES string of the molecule is CCOC(=O)N1CCN(n2c(C(C)N(C(=O)Nc3cccc(Cl)c3)c3ccc(OC)cc3OC)nc3ccc(Cl)cc3c2=O)CC1. The number of benzene rings is 3. The number of piperazine rings is 1. The number of methoxy groups -OCH3 is 2. The Morgan fingerprint density at radius 3 is 2.39 bits per heavy atom. The molecule has 14 heteroatoms. The fraction of sp³-hybridized carbons (Fsp3) is 0.312. The topological polar surface area (TPSA) is 118 Å². The lowest BCUT2D eigenvalue weighted by Gasteiger charge is -2.38. The zero-order chi connectivity index (χ0) is 33.0. The molecule has 1 fully saturated rings. The molecule has 4 aromatic rings. The fourth-order valence-electron chi connectivity index (χ4n) is 5.35. The standard InChI is InChI=1S/C32H34Cl2N6O6/c1-5-46-32(43)37-13-15-38(16-14-37)40-29(36-26-11-9-22(34)18-25(26)30(40)41)20(2)39(27-12-10-24(44-3)19-28(27)45-4)31(42)35-23-8-6-7-21(33)17-23/h6-12,17-20H,5,13-16H2,1-4H3,(H,35,42). The molecule has 1 atom stereocenters. The molecule has 5 rings (SSSR count). The van der Waals surface area contributed by atoms with Gasteiger partial charge < -0.3 is 29.4 Å². The van der Waals surface area contributed by atoms with Crippen molar-refractivity contribution in [2.45, 2.75) is 19.9 Å². The molecule has 1 N–H and O–H groups in total. The number of halogens is 2. The van der Waals surface area contributed by atoms with Crippen molar-refractivity contribution in [2.24, 2.45) is 0 Å². The summed E-state index contributed by atoms with van der Waals surface area (Å²) in [6.45, 7) is 5.04. The second-order valence-electron chi connectivity index (χ2n) is 10.4. The number of aromatic nitrogens is 2. The molecular weight excluding hydrogens is 635 g/mol. The predicted molar refractivity (Wildman–Crippen MR) is 178 cm³/mol. The first-order valence-corrected chi connectivity index (χ1v) is 15.4. The second-order valence-corrected chi connectivity index (χ2v) is 11.3. The van der Waals surface area contributed by atoms with E-state index >= 15 is 0 Å². The molecule has 1 saturated heterocycles.